The maximum Gasteiger partial charge on any atom is 0.471 e. The number of carbonyl (C=O) groups is 2. The van der Waals surface area contributed by atoms with Gasteiger partial charge in [0.1, 0.15) is 11.5 Å². The van der Waals surface area contributed by atoms with Crippen molar-refractivity contribution in [3.8, 4) is 11.5 Å². The summed E-state index contributed by atoms with van der Waals surface area (Å²) in [7, 11) is 0. The summed E-state index contributed by atoms with van der Waals surface area (Å²) in [5.41, 5.74) is 0.232. The number of anilines is 2. The first kappa shape index (κ1) is 21.8. The molecule has 1 N–H and O–H groups in total. The van der Waals surface area contributed by atoms with Gasteiger partial charge in [0.2, 0.25) is 0 Å². The molecule has 2 amide bonds. The molecule has 0 spiro atoms. The maximum absolute atomic E-state index is 12.5. The van der Waals surface area contributed by atoms with Gasteiger partial charge in [0.05, 0.1) is 12.3 Å². The molecule has 0 fully saturated rings. The van der Waals surface area contributed by atoms with Gasteiger partial charge < -0.3 is 19.7 Å². The lowest BCUT2D eigenvalue weighted by atomic mass is 10.2. The molecular weight excluding hydrogens is 425 g/mol. The molecular formula is C20H18ClF3N2O4. The van der Waals surface area contributed by atoms with Gasteiger partial charge in [-0.2, -0.15) is 13.2 Å². The summed E-state index contributed by atoms with van der Waals surface area (Å²) in [5, 5.41) is 2.39. The van der Waals surface area contributed by atoms with Crippen LogP contribution >= 0.6 is 11.6 Å². The topological polar surface area (TPSA) is 67.9 Å². The molecule has 0 saturated heterocycles. The Morgan fingerprint density at radius 2 is 1.90 bits per heavy atom. The third-order valence-electron chi connectivity index (χ3n) is 4.28. The quantitative estimate of drug-likeness (QED) is 0.644. The monoisotopic (exact) mass is 442 g/mol. The van der Waals surface area contributed by atoms with Crippen molar-refractivity contribution in [2.24, 2.45) is 0 Å². The van der Waals surface area contributed by atoms with E-state index in [0.717, 1.165) is 0 Å². The first-order valence-electron chi connectivity index (χ1n) is 9.08. The van der Waals surface area contributed by atoms with Crippen molar-refractivity contribution < 1.29 is 32.2 Å². The highest BCUT2D eigenvalue weighted by Crippen LogP contribution is 2.35. The van der Waals surface area contributed by atoms with Crippen LogP contribution in [-0.4, -0.2) is 37.7 Å². The average Bonchev–Trinajstić information content (AvgIpc) is 2.70. The van der Waals surface area contributed by atoms with Gasteiger partial charge in [-0.3, -0.25) is 9.59 Å². The van der Waals surface area contributed by atoms with Crippen molar-refractivity contribution >= 4 is 34.8 Å². The number of carbonyl (C=O) groups excluding carboxylic acids is 2. The molecule has 0 radical (unpaired) electrons. The Morgan fingerprint density at radius 3 is 2.60 bits per heavy atom. The fourth-order valence-electron chi connectivity index (χ4n) is 2.82. The van der Waals surface area contributed by atoms with Crippen molar-refractivity contribution in [1.29, 1.82) is 0 Å². The Hall–Kier alpha value is -2.94. The molecule has 30 heavy (non-hydrogen) atoms. The summed E-state index contributed by atoms with van der Waals surface area (Å²) >= 11 is 5.82. The number of hydrogen-bond donors (Lipinski definition) is 1. The van der Waals surface area contributed by atoms with Gasteiger partial charge in [0, 0.05) is 17.3 Å². The Bertz CT molecular complexity index is 919. The van der Waals surface area contributed by atoms with E-state index in [9.17, 15) is 22.8 Å². The van der Waals surface area contributed by atoms with Gasteiger partial charge in [-0.15, -0.1) is 0 Å². The van der Waals surface area contributed by atoms with Crippen LogP contribution in [0.4, 0.5) is 24.5 Å². The molecule has 0 aliphatic carbocycles. The standard InChI is InChI=1S/C20H18ClF3N2O4/c21-13-3-6-15(7-4-13)29-10-2-1-9-26-16-11-14(25-19(28)20(22,23)24)5-8-17(16)30-12-18(26)27/h3-8,11H,1-2,9-10,12H2,(H,25,28). The highest BCUT2D eigenvalue weighted by molar-refractivity contribution is 6.30. The van der Waals surface area contributed by atoms with E-state index in [4.69, 9.17) is 21.1 Å². The minimum absolute atomic E-state index is 0.0783. The summed E-state index contributed by atoms with van der Waals surface area (Å²) in [4.78, 5) is 24.8. The smallest absolute Gasteiger partial charge is 0.471 e. The van der Waals surface area contributed by atoms with E-state index in [1.807, 2.05) is 0 Å². The van der Waals surface area contributed by atoms with Crippen molar-refractivity contribution in [3.63, 3.8) is 0 Å². The molecule has 0 saturated carbocycles. The molecule has 10 heteroatoms. The second-order valence-electron chi connectivity index (χ2n) is 6.48. The first-order valence-corrected chi connectivity index (χ1v) is 9.45. The molecule has 0 bridgehead atoms. The lowest BCUT2D eigenvalue weighted by Crippen LogP contribution is -2.39. The van der Waals surface area contributed by atoms with Gasteiger partial charge in [0.25, 0.3) is 5.91 Å². The number of ether oxygens (including phenoxy) is 2. The molecule has 160 valence electrons. The van der Waals surface area contributed by atoms with E-state index >= 15 is 0 Å². The van der Waals surface area contributed by atoms with Crippen LogP contribution in [-0.2, 0) is 9.59 Å². The molecule has 0 unspecified atom stereocenters. The largest absolute Gasteiger partial charge is 0.494 e. The minimum Gasteiger partial charge on any atom is -0.494 e. The number of unbranched alkanes of at least 4 members (excludes halogenated alkanes) is 1. The number of benzene rings is 2. The van der Waals surface area contributed by atoms with Crippen molar-refractivity contribution in [1.82, 2.24) is 0 Å². The van der Waals surface area contributed by atoms with Crippen LogP contribution in [0.3, 0.4) is 0 Å². The van der Waals surface area contributed by atoms with Gasteiger partial charge in [-0.1, -0.05) is 11.6 Å². The Morgan fingerprint density at radius 1 is 1.17 bits per heavy atom. The SMILES string of the molecule is O=C1COc2ccc(NC(=O)C(F)(F)F)cc2N1CCCCOc1ccc(Cl)cc1. The first-order chi connectivity index (χ1) is 14.2. The Labute approximate surface area is 175 Å². The molecule has 1 aliphatic heterocycles. The summed E-state index contributed by atoms with van der Waals surface area (Å²) in [6.45, 7) is 0.590. The average molecular weight is 443 g/mol. The zero-order valence-electron chi connectivity index (χ0n) is 15.7. The molecule has 1 heterocycles. The van der Waals surface area contributed by atoms with Crippen molar-refractivity contribution in [3.05, 3.63) is 47.5 Å². The summed E-state index contributed by atoms with van der Waals surface area (Å²) < 4.78 is 48.4. The van der Waals surface area contributed by atoms with Crippen molar-refractivity contribution in [2.45, 2.75) is 19.0 Å². The number of halogens is 4. The number of amides is 2. The Kier molecular flexibility index (Phi) is 6.71. The van der Waals surface area contributed by atoms with Gasteiger partial charge in [0.15, 0.2) is 6.61 Å². The highest BCUT2D eigenvalue weighted by atomic mass is 35.5. The van der Waals surface area contributed by atoms with Crippen LogP contribution in [0.2, 0.25) is 5.02 Å². The number of alkyl halides is 3. The second-order valence-corrected chi connectivity index (χ2v) is 6.91. The molecule has 0 atom stereocenters. The minimum atomic E-state index is -5.01. The second kappa shape index (κ2) is 9.25. The van der Waals surface area contributed by atoms with Crippen LogP contribution in [0, 0.1) is 0 Å². The fourth-order valence-corrected chi connectivity index (χ4v) is 2.95. The number of rotatable bonds is 7. The lowest BCUT2D eigenvalue weighted by Gasteiger charge is -2.30. The van der Waals surface area contributed by atoms with E-state index in [0.29, 0.717) is 48.2 Å². The number of nitrogens with zero attached hydrogens (tertiary/aromatic N) is 1. The molecule has 2 aromatic rings. The van der Waals surface area contributed by atoms with Crippen LogP contribution < -0.4 is 19.7 Å². The van der Waals surface area contributed by atoms with Crippen LogP contribution in [0.1, 0.15) is 12.8 Å². The third kappa shape index (κ3) is 5.56. The number of hydrogen-bond acceptors (Lipinski definition) is 4. The lowest BCUT2D eigenvalue weighted by molar-refractivity contribution is -0.167. The molecule has 3 rings (SSSR count). The summed E-state index contributed by atoms with van der Waals surface area (Å²) in [5.74, 6) is -1.37. The predicted octanol–water partition coefficient (Wildman–Crippen LogP) is 4.43. The molecule has 0 aromatic heterocycles. The number of fused-ring (bicyclic) bond motifs is 1. The molecule has 1 aliphatic rings. The van der Waals surface area contributed by atoms with E-state index in [-0.39, 0.29) is 18.2 Å². The highest BCUT2D eigenvalue weighted by Gasteiger charge is 2.39. The van der Waals surface area contributed by atoms with Crippen LogP contribution in [0.15, 0.2) is 42.5 Å². The van der Waals surface area contributed by atoms with Crippen LogP contribution in [0.25, 0.3) is 0 Å². The van der Waals surface area contributed by atoms with Crippen molar-refractivity contribution in [2.75, 3.05) is 30.0 Å². The zero-order chi connectivity index (χ0) is 21.7. The summed E-state index contributed by atoms with van der Waals surface area (Å²) in [6, 6.07) is 10.9. The van der Waals surface area contributed by atoms with Gasteiger partial charge in [-0.05, 0) is 55.3 Å². The third-order valence-corrected chi connectivity index (χ3v) is 4.53. The van der Waals surface area contributed by atoms with E-state index < -0.39 is 12.1 Å². The normalized spacial score (nSPS) is 13.5. The maximum atomic E-state index is 12.5. The van der Waals surface area contributed by atoms with E-state index in [1.165, 1.54) is 23.1 Å². The van der Waals surface area contributed by atoms with Crippen LogP contribution in [0.5, 0.6) is 11.5 Å². The summed E-state index contributed by atoms with van der Waals surface area (Å²) in [6.07, 6.45) is -3.77. The number of nitrogens with one attached hydrogen (secondary N) is 1. The predicted molar refractivity (Wildman–Crippen MR) is 105 cm³/mol. The molecule has 2 aromatic carbocycles. The Balaban J connectivity index is 1.59. The van der Waals surface area contributed by atoms with Gasteiger partial charge >= 0.3 is 12.1 Å². The van der Waals surface area contributed by atoms with E-state index in [1.54, 1.807) is 29.6 Å². The zero-order valence-corrected chi connectivity index (χ0v) is 16.4. The fraction of sp³-hybridized carbons (Fsp3) is 0.300. The van der Waals surface area contributed by atoms with Gasteiger partial charge in [-0.25, -0.2) is 0 Å². The van der Waals surface area contributed by atoms with E-state index in [2.05, 4.69) is 0 Å². The molecule has 6 nitrogen and oxygen atoms in total.